The van der Waals surface area contributed by atoms with Gasteiger partial charge in [0.25, 0.3) is 0 Å². The molecule has 0 aliphatic heterocycles. The second-order valence-electron chi connectivity index (χ2n) is 6.65. The van der Waals surface area contributed by atoms with Crippen molar-refractivity contribution in [3.8, 4) is 0 Å². The summed E-state index contributed by atoms with van der Waals surface area (Å²) in [6.07, 6.45) is 0. The number of rotatable bonds is 0. The third-order valence-electron chi connectivity index (χ3n) is 2.90. The van der Waals surface area contributed by atoms with Gasteiger partial charge in [0, 0.05) is 0 Å². The molecule has 0 spiro atoms. The number of aryl methyl sites for hydroxylation is 1. The molecular formula is C15H23F. The topological polar surface area (TPSA) is 0 Å². The van der Waals surface area contributed by atoms with Crippen LogP contribution >= 0.6 is 0 Å². The maximum atomic E-state index is 14.1. The molecule has 0 fully saturated rings. The van der Waals surface area contributed by atoms with E-state index in [2.05, 4.69) is 47.6 Å². The van der Waals surface area contributed by atoms with Crippen LogP contribution in [0.2, 0.25) is 0 Å². The molecule has 16 heavy (non-hydrogen) atoms. The Labute approximate surface area is 98.9 Å². The van der Waals surface area contributed by atoms with Gasteiger partial charge in [-0.3, -0.25) is 0 Å². The lowest BCUT2D eigenvalue weighted by Crippen LogP contribution is -2.19. The average molecular weight is 222 g/mol. The normalized spacial score (nSPS) is 13.0. The lowest BCUT2D eigenvalue weighted by molar-refractivity contribution is 0.510. The maximum Gasteiger partial charge on any atom is 0.127 e. The second kappa shape index (κ2) is 3.87. The van der Waals surface area contributed by atoms with Gasteiger partial charge >= 0.3 is 0 Å². The van der Waals surface area contributed by atoms with Crippen molar-refractivity contribution in [3.05, 3.63) is 34.6 Å². The minimum atomic E-state index is -0.134. The molecule has 0 saturated heterocycles. The predicted octanol–water partition coefficient (Wildman–Crippen LogP) is 4.73. The molecule has 1 aromatic carbocycles. The van der Waals surface area contributed by atoms with Crippen molar-refractivity contribution in [3.63, 3.8) is 0 Å². The van der Waals surface area contributed by atoms with Crippen LogP contribution in [0.25, 0.3) is 0 Å². The average Bonchev–Trinajstić information content (AvgIpc) is 1.97. The molecule has 0 heterocycles. The van der Waals surface area contributed by atoms with E-state index in [0.717, 1.165) is 16.7 Å². The van der Waals surface area contributed by atoms with Crippen LogP contribution in [0.1, 0.15) is 58.2 Å². The van der Waals surface area contributed by atoms with E-state index in [-0.39, 0.29) is 16.6 Å². The Morgan fingerprint density at radius 2 is 1.38 bits per heavy atom. The van der Waals surface area contributed by atoms with E-state index in [1.165, 1.54) is 0 Å². The molecule has 0 aromatic heterocycles. The highest BCUT2D eigenvalue weighted by molar-refractivity contribution is 5.39. The van der Waals surface area contributed by atoms with E-state index >= 15 is 0 Å². The van der Waals surface area contributed by atoms with Crippen LogP contribution in [0.5, 0.6) is 0 Å². The lowest BCUT2D eigenvalue weighted by Gasteiger charge is -2.26. The standard InChI is InChI=1S/C15H23F/c1-10-8-11(14(2,3)4)9-12(16)13(10)15(5,6)7/h8-9H,1-7H3. The third kappa shape index (κ3) is 2.63. The first kappa shape index (κ1) is 13.2. The summed E-state index contributed by atoms with van der Waals surface area (Å²) in [5.74, 6) is -0.0718. The van der Waals surface area contributed by atoms with Gasteiger partial charge in [-0.25, -0.2) is 4.39 Å². The Hall–Kier alpha value is -0.850. The van der Waals surface area contributed by atoms with Crippen molar-refractivity contribution in [2.75, 3.05) is 0 Å². The molecular weight excluding hydrogens is 199 g/mol. The Balaban J connectivity index is 3.41. The summed E-state index contributed by atoms with van der Waals surface area (Å²) in [4.78, 5) is 0. The molecule has 0 aliphatic rings. The highest BCUT2D eigenvalue weighted by atomic mass is 19.1. The molecule has 0 aliphatic carbocycles. The summed E-state index contributed by atoms with van der Waals surface area (Å²) < 4.78 is 14.1. The van der Waals surface area contributed by atoms with E-state index in [1.54, 1.807) is 6.07 Å². The van der Waals surface area contributed by atoms with E-state index < -0.39 is 0 Å². The Bertz CT molecular complexity index is 366. The highest BCUT2D eigenvalue weighted by Crippen LogP contribution is 2.32. The van der Waals surface area contributed by atoms with Crippen LogP contribution in [0.4, 0.5) is 4.39 Å². The van der Waals surface area contributed by atoms with Gasteiger partial charge in [0.2, 0.25) is 0 Å². The minimum Gasteiger partial charge on any atom is -0.207 e. The van der Waals surface area contributed by atoms with Crippen LogP contribution < -0.4 is 0 Å². The van der Waals surface area contributed by atoms with Crippen LogP contribution in [-0.2, 0) is 10.8 Å². The molecule has 0 radical (unpaired) electrons. The molecule has 0 nitrogen and oxygen atoms in total. The Morgan fingerprint density at radius 1 is 0.875 bits per heavy atom. The lowest BCUT2D eigenvalue weighted by atomic mass is 9.79. The minimum absolute atomic E-state index is 0.00200. The zero-order valence-corrected chi connectivity index (χ0v) is 11.5. The quantitative estimate of drug-likeness (QED) is 0.595. The van der Waals surface area contributed by atoms with E-state index in [0.29, 0.717) is 0 Å². The number of hydrogen-bond donors (Lipinski definition) is 0. The van der Waals surface area contributed by atoms with Crippen molar-refractivity contribution in [2.24, 2.45) is 0 Å². The van der Waals surface area contributed by atoms with Gasteiger partial charge < -0.3 is 0 Å². The summed E-state index contributed by atoms with van der Waals surface area (Å²) >= 11 is 0. The van der Waals surface area contributed by atoms with E-state index in [9.17, 15) is 4.39 Å². The van der Waals surface area contributed by atoms with Crippen molar-refractivity contribution < 1.29 is 4.39 Å². The summed E-state index contributed by atoms with van der Waals surface area (Å²) in [7, 11) is 0. The van der Waals surface area contributed by atoms with Gasteiger partial charge in [-0.15, -0.1) is 0 Å². The van der Waals surface area contributed by atoms with E-state index in [4.69, 9.17) is 0 Å². The van der Waals surface area contributed by atoms with Crippen LogP contribution in [0, 0.1) is 12.7 Å². The van der Waals surface area contributed by atoms with Gasteiger partial charge in [-0.2, -0.15) is 0 Å². The molecule has 1 aromatic rings. The zero-order chi connectivity index (χ0) is 12.7. The SMILES string of the molecule is Cc1cc(C(C)(C)C)cc(F)c1C(C)(C)C. The van der Waals surface area contributed by atoms with Crippen molar-refractivity contribution in [1.29, 1.82) is 0 Å². The molecule has 90 valence electrons. The maximum absolute atomic E-state index is 14.1. The number of halogens is 1. The number of hydrogen-bond acceptors (Lipinski definition) is 0. The van der Waals surface area contributed by atoms with E-state index in [1.807, 2.05) is 6.92 Å². The highest BCUT2D eigenvalue weighted by Gasteiger charge is 2.24. The monoisotopic (exact) mass is 222 g/mol. The molecule has 0 unspecified atom stereocenters. The summed E-state index contributed by atoms with van der Waals surface area (Å²) in [6.45, 7) is 14.5. The Kier molecular flexibility index (Phi) is 3.20. The second-order valence-corrected chi connectivity index (χ2v) is 6.65. The molecule has 0 amide bonds. The fourth-order valence-electron chi connectivity index (χ4n) is 2.13. The molecule has 0 atom stereocenters. The number of benzene rings is 1. The van der Waals surface area contributed by atoms with Gasteiger partial charge in [0.1, 0.15) is 5.82 Å². The summed E-state index contributed by atoms with van der Waals surface area (Å²) in [6, 6.07) is 3.80. The van der Waals surface area contributed by atoms with Gasteiger partial charge in [0.05, 0.1) is 0 Å². The van der Waals surface area contributed by atoms with Gasteiger partial charge in [-0.1, -0.05) is 47.6 Å². The van der Waals surface area contributed by atoms with Crippen molar-refractivity contribution in [1.82, 2.24) is 0 Å². The fraction of sp³-hybridized carbons (Fsp3) is 0.600. The zero-order valence-electron chi connectivity index (χ0n) is 11.5. The summed E-state index contributed by atoms with van der Waals surface area (Å²) in [5, 5.41) is 0. The first-order chi connectivity index (χ1) is 7.03. The van der Waals surface area contributed by atoms with Crippen LogP contribution in [0.15, 0.2) is 12.1 Å². The van der Waals surface area contributed by atoms with Gasteiger partial charge in [-0.05, 0) is 40.5 Å². The third-order valence-corrected chi connectivity index (χ3v) is 2.90. The Morgan fingerprint density at radius 3 is 1.69 bits per heavy atom. The summed E-state index contributed by atoms with van der Waals surface area (Å²) in [5.41, 5.74) is 2.82. The molecule has 0 bridgehead atoms. The fourth-order valence-corrected chi connectivity index (χ4v) is 2.13. The van der Waals surface area contributed by atoms with Crippen molar-refractivity contribution in [2.45, 2.75) is 59.3 Å². The molecule has 1 rings (SSSR count). The largest absolute Gasteiger partial charge is 0.207 e. The molecule has 0 N–H and O–H groups in total. The predicted molar refractivity (Wildman–Crippen MR) is 68.5 cm³/mol. The van der Waals surface area contributed by atoms with Gasteiger partial charge in [0.15, 0.2) is 0 Å². The molecule has 0 saturated carbocycles. The van der Waals surface area contributed by atoms with Crippen LogP contribution in [-0.4, -0.2) is 0 Å². The smallest absolute Gasteiger partial charge is 0.127 e. The first-order valence-corrected chi connectivity index (χ1v) is 5.84. The van der Waals surface area contributed by atoms with Crippen molar-refractivity contribution >= 4 is 0 Å². The molecule has 1 heteroatoms. The van der Waals surface area contributed by atoms with Crippen LogP contribution in [0.3, 0.4) is 0 Å². The first-order valence-electron chi connectivity index (χ1n) is 5.84.